The normalized spacial score (nSPS) is 10.1. The van der Waals surface area contributed by atoms with E-state index in [1.165, 1.54) is 7.11 Å². The third-order valence-electron chi connectivity index (χ3n) is 2.77. The summed E-state index contributed by atoms with van der Waals surface area (Å²) < 4.78 is 10.3. The van der Waals surface area contributed by atoms with Crippen molar-refractivity contribution in [1.29, 1.82) is 0 Å². The maximum absolute atomic E-state index is 12.0. The lowest BCUT2D eigenvalue weighted by Gasteiger charge is -2.10. The first-order chi connectivity index (χ1) is 9.22. The van der Waals surface area contributed by atoms with Gasteiger partial charge in [0.25, 0.3) is 5.91 Å². The molecule has 0 bridgehead atoms. The van der Waals surface area contributed by atoms with Crippen molar-refractivity contribution in [2.24, 2.45) is 0 Å². The Balaban J connectivity index is 2.56. The van der Waals surface area contributed by atoms with Crippen LogP contribution in [-0.2, 0) is 0 Å². The quantitative estimate of drug-likeness (QED) is 0.702. The average molecular weight is 267 g/mol. The lowest BCUT2D eigenvalue weighted by atomic mass is 10.1. The number of unbranched alkanes of at least 4 members (excludes halogenated alkanes) is 2. The molecule has 1 aromatic rings. The SMILES string of the molecule is COc1ccc(C(=O)NCCCCCO)c(OC)c1. The number of aliphatic hydroxyl groups excluding tert-OH is 1. The summed E-state index contributed by atoms with van der Waals surface area (Å²) in [6.45, 7) is 0.786. The minimum atomic E-state index is -0.163. The van der Waals surface area contributed by atoms with Crippen LogP contribution in [-0.4, -0.2) is 38.4 Å². The molecule has 5 heteroatoms. The number of methoxy groups -OCH3 is 2. The summed E-state index contributed by atoms with van der Waals surface area (Å²) in [5, 5.41) is 11.5. The summed E-state index contributed by atoms with van der Waals surface area (Å²) >= 11 is 0. The maximum atomic E-state index is 12.0. The topological polar surface area (TPSA) is 67.8 Å². The summed E-state index contributed by atoms with van der Waals surface area (Å²) in [7, 11) is 3.09. The van der Waals surface area contributed by atoms with Crippen LogP contribution in [0.5, 0.6) is 11.5 Å². The van der Waals surface area contributed by atoms with Gasteiger partial charge in [-0.1, -0.05) is 0 Å². The van der Waals surface area contributed by atoms with E-state index in [2.05, 4.69) is 5.32 Å². The molecule has 0 aliphatic carbocycles. The molecule has 0 heterocycles. The van der Waals surface area contributed by atoms with Gasteiger partial charge in [0.15, 0.2) is 0 Å². The van der Waals surface area contributed by atoms with Crippen LogP contribution in [0.3, 0.4) is 0 Å². The molecule has 0 unspecified atom stereocenters. The van der Waals surface area contributed by atoms with Gasteiger partial charge in [-0.3, -0.25) is 4.79 Å². The number of carbonyl (C=O) groups is 1. The second-order valence-electron chi connectivity index (χ2n) is 4.11. The molecule has 0 spiro atoms. The van der Waals surface area contributed by atoms with Crippen LogP contribution in [0.25, 0.3) is 0 Å². The first-order valence-electron chi connectivity index (χ1n) is 6.34. The average Bonchev–Trinajstić information content (AvgIpc) is 2.46. The van der Waals surface area contributed by atoms with Gasteiger partial charge in [-0.15, -0.1) is 0 Å². The van der Waals surface area contributed by atoms with Gasteiger partial charge in [-0.25, -0.2) is 0 Å². The van der Waals surface area contributed by atoms with E-state index in [4.69, 9.17) is 14.6 Å². The smallest absolute Gasteiger partial charge is 0.255 e. The van der Waals surface area contributed by atoms with Crippen LogP contribution in [0.15, 0.2) is 18.2 Å². The summed E-state index contributed by atoms with van der Waals surface area (Å²) in [5.74, 6) is 0.979. The molecule has 2 N–H and O–H groups in total. The van der Waals surface area contributed by atoms with Gasteiger partial charge in [0.1, 0.15) is 11.5 Å². The van der Waals surface area contributed by atoms with Gasteiger partial charge in [-0.05, 0) is 31.4 Å². The molecular formula is C14H21NO4. The molecule has 1 aromatic carbocycles. The molecule has 0 saturated heterocycles. The fourth-order valence-corrected chi connectivity index (χ4v) is 1.70. The van der Waals surface area contributed by atoms with E-state index in [1.807, 2.05) is 0 Å². The summed E-state index contributed by atoms with van der Waals surface area (Å²) in [6.07, 6.45) is 2.52. The third-order valence-corrected chi connectivity index (χ3v) is 2.77. The lowest BCUT2D eigenvalue weighted by molar-refractivity contribution is 0.0950. The Labute approximate surface area is 113 Å². The van der Waals surface area contributed by atoms with E-state index < -0.39 is 0 Å². The summed E-state index contributed by atoms with van der Waals surface area (Å²) in [5.41, 5.74) is 0.491. The van der Waals surface area contributed by atoms with Crippen LogP contribution >= 0.6 is 0 Å². The van der Waals surface area contributed by atoms with Gasteiger partial charge in [0.2, 0.25) is 0 Å². The van der Waals surface area contributed by atoms with Crippen molar-refractivity contribution in [2.45, 2.75) is 19.3 Å². The maximum Gasteiger partial charge on any atom is 0.255 e. The van der Waals surface area contributed by atoms with Crippen LogP contribution in [0.2, 0.25) is 0 Å². The van der Waals surface area contributed by atoms with Crippen LogP contribution in [0, 0.1) is 0 Å². The minimum absolute atomic E-state index is 0.163. The van der Waals surface area contributed by atoms with Crippen LogP contribution in [0.4, 0.5) is 0 Å². The number of amides is 1. The number of ether oxygens (including phenoxy) is 2. The van der Waals surface area contributed by atoms with Gasteiger partial charge < -0.3 is 19.9 Å². The van der Waals surface area contributed by atoms with Gasteiger partial charge in [0, 0.05) is 19.2 Å². The van der Waals surface area contributed by atoms with Crippen molar-refractivity contribution < 1.29 is 19.4 Å². The highest BCUT2D eigenvalue weighted by molar-refractivity contribution is 5.97. The first kappa shape index (κ1) is 15.3. The number of aliphatic hydroxyl groups is 1. The number of hydrogen-bond donors (Lipinski definition) is 2. The molecule has 0 fully saturated rings. The summed E-state index contributed by atoms with van der Waals surface area (Å²) in [4.78, 5) is 12.0. The molecule has 19 heavy (non-hydrogen) atoms. The van der Waals surface area contributed by atoms with E-state index in [0.717, 1.165) is 19.3 Å². The van der Waals surface area contributed by atoms with Gasteiger partial charge in [0.05, 0.1) is 19.8 Å². The third kappa shape index (κ3) is 4.79. The predicted octanol–water partition coefficient (Wildman–Crippen LogP) is 1.60. The van der Waals surface area contributed by atoms with Crippen molar-refractivity contribution in [2.75, 3.05) is 27.4 Å². The van der Waals surface area contributed by atoms with Crippen molar-refractivity contribution in [3.63, 3.8) is 0 Å². The zero-order valence-electron chi connectivity index (χ0n) is 11.4. The number of rotatable bonds is 8. The van der Waals surface area contributed by atoms with E-state index >= 15 is 0 Å². The van der Waals surface area contributed by atoms with Crippen LogP contribution < -0.4 is 14.8 Å². The number of nitrogens with one attached hydrogen (secondary N) is 1. The molecule has 106 valence electrons. The molecule has 1 amide bonds. The Morgan fingerprint density at radius 3 is 2.63 bits per heavy atom. The summed E-state index contributed by atoms with van der Waals surface area (Å²) in [6, 6.07) is 5.09. The lowest BCUT2D eigenvalue weighted by Crippen LogP contribution is -2.25. The standard InChI is InChI=1S/C14H21NO4/c1-18-11-6-7-12(13(10-11)19-2)14(17)15-8-4-3-5-9-16/h6-7,10,16H,3-5,8-9H2,1-2H3,(H,15,17). The Kier molecular flexibility index (Phi) is 6.74. The second-order valence-corrected chi connectivity index (χ2v) is 4.11. The molecule has 0 aromatic heterocycles. The monoisotopic (exact) mass is 267 g/mol. The molecule has 0 saturated carbocycles. The number of hydrogen-bond acceptors (Lipinski definition) is 4. The van der Waals surface area contributed by atoms with Crippen molar-refractivity contribution in [1.82, 2.24) is 5.32 Å². The molecule has 0 aliphatic heterocycles. The second kappa shape index (κ2) is 8.37. The number of carbonyl (C=O) groups excluding carboxylic acids is 1. The molecule has 1 rings (SSSR count). The Hall–Kier alpha value is -1.75. The zero-order valence-corrected chi connectivity index (χ0v) is 11.4. The highest BCUT2D eigenvalue weighted by Gasteiger charge is 2.12. The highest BCUT2D eigenvalue weighted by Crippen LogP contribution is 2.24. The van der Waals surface area contributed by atoms with Crippen LogP contribution in [0.1, 0.15) is 29.6 Å². The Morgan fingerprint density at radius 1 is 1.21 bits per heavy atom. The van der Waals surface area contributed by atoms with Crippen molar-refractivity contribution >= 4 is 5.91 Å². The fourth-order valence-electron chi connectivity index (χ4n) is 1.70. The van der Waals surface area contributed by atoms with Crippen molar-refractivity contribution in [3.05, 3.63) is 23.8 Å². The molecule has 0 atom stereocenters. The predicted molar refractivity (Wildman–Crippen MR) is 72.8 cm³/mol. The molecule has 0 radical (unpaired) electrons. The largest absolute Gasteiger partial charge is 0.497 e. The van der Waals surface area contributed by atoms with E-state index in [-0.39, 0.29) is 12.5 Å². The first-order valence-corrected chi connectivity index (χ1v) is 6.34. The molecule has 5 nitrogen and oxygen atoms in total. The Morgan fingerprint density at radius 2 is 2.00 bits per heavy atom. The minimum Gasteiger partial charge on any atom is -0.497 e. The van der Waals surface area contributed by atoms with Gasteiger partial charge in [-0.2, -0.15) is 0 Å². The van der Waals surface area contributed by atoms with E-state index in [1.54, 1.807) is 25.3 Å². The van der Waals surface area contributed by atoms with E-state index in [9.17, 15) is 4.79 Å². The molecule has 0 aliphatic rings. The van der Waals surface area contributed by atoms with E-state index in [0.29, 0.717) is 23.6 Å². The fraction of sp³-hybridized carbons (Fsp3) is 0.500. The van der Waals surface area contributed by atoms with Gasteiger partial charge >= 0.3 is 0 Å². The Bertz CT molecular complexity index is 406. The number of benzene rings is 1. The molecular weight excluding hydrogens is 246 g/mol. The highest BCUT2D eigenvalue weighted by atomic mass is 16.5. The van der Waals surface area contributed by atoms with Crippen molar-refractivity contribution in [3.8, 4) is 11.5 Å². The zero-order chi connectivity index (χ0) is 14.1.